The zero-order chi connectivity index (χ0) is 13.0. The van der Waals surface area contributed by atoms with Crippen LogP contribution in [-0.2, 0) is 4.79 Å². The number of amides is 1. The van der Waals surface area contributed by atoms with E-state index in [0.29, 0.717) is 29.8 Å². The molecule has 2 rings (SSSR count). The van der Waals surface area contributed by atoms with Gasteiger partial charge in [-0.15, -0.1) is 0 Å². The average Bonchev–Trinajstić information content (AvgIpc) is 3.20. The van der Waals surface area contributed by atoms with Crippen molar-refractivity contribution in [3.63, 3.8) is 0 Å². The molecule has 0 bridgehead atoms. The van der Waals surface area contributed by atoms with Crippen LogP contribution in [-0.4, -0.2) is 32.7 Å². The second kappa shape index (κ2) is 5.73. The maximum atomic E-state index is 11.7. The van der Waals surface area contributed by atoms with Crippen molar-refractivity contribution in [3.8, 4) is 11.5 Å². The Balaban J connectivity index is 1.98. The molecule has 0 heterocycles. The van der Waals surface area contributed by atoms with E-state index in [1.807, 2.05) is 0 Å². The van der Waals surface area contributed by atoms with Gasteiger partial charge in [0.15, 0.2) is 0 Å². The summed E-state index contributed by atoms with van der Waals surface area (Å²) in [6, 6.07) is 5.82. The molecule has 0 aliphatic heterocycles. The normalized spacial score (nSPS) is 14.1. The molecule has 1 aromatic carbocycles. The Hall–Kier alpha value is -1.75. The van der Waals surface area contributed by atoms with Gasteiger partial charge in [0, 0.05) is 12.1 Å². The number of hydrogen-bond donors (Lipinski definition) is 2. The molecule has 1 aliphatic rings. The fourth-order valence-electron chi connectivity index (χ4n) is 1.63. The molecule has 1 saturated carbocycles. The minimum Gasteiger partial charge on any atom is -0.497 e. The Morgan fingerprint density at radius 1 is 1.33 bits per heavy atom. The molecule has 0 unspecified atom stereocenters. The summed E-state index contributed by atoms with van der Waals surface area (Å²) in [6.45, 7) is 0.324. The number of carbonyl (C=O) groups is 1. The molecule has 2 N–H and O–H groups in total. The molecule has 0 atom stereocenters. The molecule has 1 aliphatic carbocycles. The lowest BCUT2D eigenvalue weighted by molar-refractivity contribution is -0.115. The fraction of sp³-hybridized carbons (Fsp3) is 0.462. The highest BCUT2D eigenvalue weighted by Gasteiger charge is 2.21. The Morgan fingerprint density at radius 2 is 2.11 bits per heavy atom. The number of carbonyl (C=O) groups excluding carboxylic acids is 1. The number of ether oxygens (including phenoxy) is 2. The maximum absolute atomic E-state index is 11.7. The van der Waals surface area contributed by atoms with E-state index in [-0.39, 0.29) is 5.91 Å². The molecule has 1 aromatic rings. The van der Waals surface area contributed by atoms with Gasteiger partial charge < -0.3 is 20.1 Å². The van der Waals surface area contributed by atoms with E-state index in [0.717, 1.165) is 12.8 Å². The van der Waals surface area contributed by atoms with Crippen LogP contribution in [0, 0.1) is 0 Å². The quantitative estimate of drug-likeness (QED) is 0.801. The van der Waals surface area contributed by atoms with Crippen molar-refractivity contribution in [2.75, 3.05) is 26.1 Å². The summed E-state index contributed by atoms with van der Waals surface area (Å²) in [6.07, 6.45) is 2.32. The summed E-state index contributed by atoms with van der Waals surface area (Å²) in [7, 11) is 3.15. The Kier molecular flexibility index (Phi) is 4.04. The largest absolute Gasteiger partial charge is 0.497 e. The first-order chi connectivity index (χ1) is 8.72. The number of hydrogen-bond acceptors (Lipinski definition) is 4. The lowest BCUT2D eigenvalue weighted by Crippen LogP contribution is -2.29. The van der Waals surface area contributed by atoms with Crippen molar-refractivity contribution in [2.45, 2.75) is 18.9 Å². The third kappa shape index (κ3) is 3.37. The molecule has 1 fully saturated rings. The molecule has 98 valence electrons. The van der Waals surface area contributed by atoms with Crippen molar-refractivity contribution in [1.82, 2.24) is 5.32 Å². The predicted molar refractivity (Wildman–Crippen MR) is 69.2 cm³/mol. The van der Waals surface area contributed by atoms with Crippen molar-refractivity contribution in [1.29, 1.82) is 0 Å². The molecule has 0 saturated heterocycles. The highest BCUT2D eigenvalue weighted by Crippen LogP contribution is 2.28. The van der Waals surface area contributed by atoms with Gasteiger partial charge in [-0.3, -0.25) is 4.79 Å². The molecular formula is C13H18N2O3. The molecule has 1 amide bonds. The maximum Gasteiger partial charge on any atom is 0.238 e. The summed E-state index contributed by atoms with van der Waals surface area (Å²) in [5.74, 6) is 1.23. The lowest BCUT2D eigenvalue weighted by Gasteiger charge is -2.11. The minimum absolute atomic E-state index is 0.0755. The zero-order valence-corrected chi connectivity index (χ0v) is 10.7. The van der Waals surface area contributed by atoms with Gasteiger partial charge in [-0.1, -0.05) is 0 Å². The molecule has 0 radical (unpaired) electrons. The standard InChI is InChI=1S/C13H18N2O3/c1-17-10-5-6-12(18-2)11(7-10)15-13(16)8-14-9-3-4-9/h5-7,9,14H,3-4,8H2,1-2H3,(H,15,16). The number of nitrogens with one attached hydrogen (secondary N) is 2. The third-order valence-electron chi connectivity index (χ3n) is 2.81. The van der Waals surface area contributed by atoms with Crippen LogP contribution in [0.4, 0.5) is 5.69 Å². The van der Waals surface area contributed by atoms with Gasteiger partial charge in [0.05, 0.1) is 26.5 Å². The van der Waals surface area contributed by atoms with Crippen molar-refractivity contribution < 1.29 is 14.3 Å². The van der Waals surface area contributed by atoms with E-state index in [9.17, 15) is 4.79 Å². The molecule has 18 heavy (non-hydrogen) atoms. The van der Waals surface area contributed by atoms with Gasteiger partial charge in [-0.25, -0.2) is 0 Å². The van der Waals surface area contributed by atoms with Gasteiger partial charge in [0.2, 0.25) is 5.91 Å². The van der Waals surface area contributed by atoms with E-state index >= 15 is 0 Å². The van der Waals surface area contributed by atoms with E-state index < -0.39 is 0 Å². The molecule has 5 nitrogen and oxygen atoms in total. The summed E-state index contributed by atoms with van der Waals surface area (Å²) in [4.78, 5) is 11.7. The summed E-state index contributed by atoms with van der Waals surface area (Å²) < 4.78 is 10.3. The summed E-state index contributed by atoms with van der Waals surface area (Å²) in [5, 5.41) is 5.97. The number of benzene rings is 1. The third-order valence-corrected chi connectivity index (χ3v) is 2.81. The van der Waals surface area contributed by atoms with Gasteiger partial charge in [-0.2, -0.15) is 0 Å². The second-order valence-electron chi connectivity index (χ2n) is 4.27. The monoisotopic (exact) mass is 250 g/mol. The second-order valence-corrected chi connectivity index (χ2v) is 4.27. The predicted octanol–water partition coefficient (Wildman–Crippen LogP) is 1.39. The van der Waals surface area contributed by atoms with Crippen molar-refractivity contribution in [2.24, 2.45) is 0 Å². The summed E-state index contributed by atoms with van der Waals surface area (Å²) in [5.41, 5.74) is 0.624. The first-order valence-electron chi connectivity index (χ1n) is 5.98. The highest BCUT2D eigenvalue weighted by molar-refractivity contribution is 5.94. The lowest BCUT2D eigenvalue weighted by atomic mass is 10.2. The van der Waals surface area contributed by atoms with Crippen LogP contribution in [0.25, 0.3) is 0 Å². The first-order valence-corrected chi connectivity index (χ1v) is 5.98. The van der Waals surface area contributed by atoms with E-state index in [4.69, 9.17) is 9.47 Å². The van der Waals surface area contributed by atoms with Gasteiger partial charge in [0.1, 0.15) is 11.5 Å². The highest BCUT2D eigenvalue weighted by atomic mass is 16.5. The van der Waals surface area contributed by atoms with Gasteiger partial charge in [-0.05, 0) is 25.0 Å². The van der Waals surface area contributed by atoms with Gasteiger partial charge >= 0.3 is 0 Å². The minimum atomic E-state index is -0.0755. The molecule has 5 heteroatoms. The summed E-state index contributed by atoms with van der Waals surface area (Å²) >= 11 is 0. The molecule has 0 aromatic heterocycles. The average molecular weight is 250 g/mol. The van der Waals surface area contributed by atoms with Crippen LogP contribution < -0.4 is 20.1 Å². The topological polar surface area (TPSA) is 59.6 Å². The number of anilines is 1. The first kappa shape index (κ1) is 12.7. The van der Waals surface area contributed by atoms with E-state index in [1.165, 1.54) is 0 Å². The van der Waals surface area contributed by atoms with Gasteiger partial charge in [0.25, 0.3) is 0 Å². The zero-order valence-electron chi connectivity index (χ0n) is 10.7. The Morgan fingerprint density at radius 3 is 2.72 bits per heavy atom. The van der Waals surface area contributed by atoms with Crippen LogP contribution in [0.15, 0.2) is 18.2 Å². The number of rotatable bonds is 6. The fourth-order valence-corrected chi connectivity index (χ4v) is 1.63. The van der Waals surface area contributed by atoms with Crippen molar-refractivity contribution >= 4 is 11.6 Å². The van der Waals surface area contributed by atoms with E-state index in [2.05, 4.69) is 10.6 Å². The number of methoxy groups -OCH3 is 2. The van der Waals surface area contributed by atoms with E-state index in [1.54, 1.807) is 32.4 Å². The SMILES string of the molecule is COc1ccc(OC)c(NC(=O)CNC2CC2)c1. The molecule has 0 spiro atoms. The van der Waals surface area contributed by atoms with Crippen molar-refractivity contribution in [3.05, 3.63) is 18.2 Å². The van der Waals surface area contributed by atoms with Crippen LogP contribution in [0.2, 0.25) is 0 Å². The Bertz CT molecular complexity index is 430. The Labute approximate surface area is 106 Å². The smallest absolute Gasteiger partial charge is 0.238 e. The van der Waals surface area contributed by atoms with Crippen LogP contribution >= 0.6 is 0 Å². The van der Waals surface area contributed by atoms with Crippen LogP contribution in [0.1, 0.15) is 12.8 Å². The van der Waals surface area contributed by atoms with Crippen LogP contribution in [0.5, 0.6) is 11.5 Å². The molecular weight excluding hydrogens is 232 g/mol. The van der Waals surface area contributed by atoms with Crippen LogP contribution in [0.3, 0.4) is 0 Å².